The van der Waals surface area contributed by atoms with Gasteiger partial charge in [-0.2, -0.15) is 0 Å². The standard InChI is InChI=1S/C16H25NO3/c1-13-7-8-14-5-3-6-15(16(14)17-13)20-10-4-9-19-12-11-18-2/h3,5-6,13,17H,4,7-12H2,1-2H3. The van der Waals surface area contributed by atoms with Gasteiger partial charge in [-0.15, -0.1) is 0 Å². The van der Waals surface area contributed by atoms with Crippen LogP contribution in [0.1, 0.15) is 25.3 Å². The molecular weight excluding hydrogens is 254 g/mol. The van der Waals surface area contributed by atoms with E-state index in [1.807, 2.05) is 6.07 Å². The largest absolute Gasteiger partial charge is 0.491 e. The predicted molar refractivity (Wildman–Crippen MR) is 80.7 cm³/mol. The number of anilines is 1. The number of methoxy groups -OCH3 is 1. The topological polar surface area (TPSA) is 39.7 Å². The maximum Gasteiger partial charge on any atom is 0.142 e. The molecule has 1 atom stereocenters. The SMILES string of the molecule is COCCOCCCOc1cccc2c1NC(C)CC2. The minimum atomic E-state index is 0.518. The maximum absolute atomic E-state index is 5.89. The van der Waals surface area contributed by atoms with E-state index < -0.39 is 0 Å². The molecule has 0 bridgehead atoms. The molecule has 0 aliphatic carbocycles. The van der Waals surface area contributed by atoms with Crippen LogP contribution in [0.5, 0.6) is 5.75 Å². The van der Waals surface area contributed by atoms with E-state index in [1.54, 1.807) is 7.11 Å². The number of para-hydroxylation sites is 1. The first kappa shape index (κ1) is 15.1. The Morgan fingerprint density at radius 1 is 1.20 bits per heavy atom. The molecule has 112 valence electrons. The van der Waals surface area contributed by atoms with Crippen LogP contribution in [0.3, 0.4) is 0 Å². The lowest BCUT2D eigenvalue weighted by atomic mass is 9.98. The minimum absolute atomic E-state index is 0.518. The highest BCUT2D eigenvalue weighted by molar-refractivity contribution is 5.63. The summed E-state index contributed by atoms with van der Waals surface area (Å²) in [5.41, 5.74) is 2.53. The van der Waals surface area contributed by atoms with Crippen molar-refractivity contribution in [3.63, 3.8) is 0 Å². The third-order valence-electron chi connectivity index (χ3n) is 3.47. The van der Waals surface area contributed by atoms with Crippen molar-refractivity contribution >= 4 is 5.69 Å². The molecule has 1 N–H and O–H groups in total. The predicted octanol–water partition coefficient (Wildman–Crippen LogP) is 2.87. The third-order valence-corrected chi connectivity index (χ3v) is 3.47. The van der Waals surface area contributed by atoms with Gasteiger partial charge in [0.15, 0.2) is 0 Å². The van der Waals surface area contributed by atoms with E-state index in [9.17, 15) is 0 Å². The van der Waals surface area contributed by atoms with E-state index in [1.165, 1.54) is 17.7 Å². The molecule has 1 aromatic carbocycles. The van der Waals surface area contributed by atoms with Crippen LogP contribution in [0.4, 0.5) is 5.69 Å². The van der Waals surface area contributed by atoms with Gasteiger partial charge in [0.1, 0.15) is 5.75 Å². The monoisotopic (exact) mass is 279 g/mol. The number of fused-ring (bicyclic) bond motifs is 1. The molecule has 0 radical (unpaired) electrons. The average Bonchev–Trinajstić information content (AvgIpc) is 2.46. The van der Waals surface area contributed by atoms with Gasteiger partial charge in [0.25, 0.3) is 0 Å². The Morgan fingerprint density at radius 3 is 2.95 bits per heavy atom. The Morgan fingerprint density at radius 2 is 2.10 bits per heavy atom. The summed E-state index contributed by atoms with van der Waals surface area (Å²) in [6.07, 6.45) is 3.20. The fourth-order valence-corrected chi connectivity index (χ4v) is 2.35. The summed E-state index contributed by atoms with van der Waals surface area (Å²) in [5.74, 6) is 0.964. The smallest absolute Gasteiger partial charge is 0.142 e. The molecule has 1 aliphatic heterocycles. The first-order valence-corrected chi connectivity index (χ1v) is 7.39. The summed E-state index contributed by atoms with van der Waals surface area (Å²) in [5, 5.41) is 3.52. The lowest BCUT2D eigenvalue weighted by Crippen LogP contribution is -2.22. The minimum Gasteiger partial charge on any atom is -0.491 e. The van der Waals surface area contributed by atoms with Crippen LogP contribution in [-0.2, 0) is 15.9 Å². The number of hydrogen-bond donors (Lipinski definition) is 1. The summed E-state index contributed by atoms with van der Waals surface area (Å²) in [7, 11) is 1.68. The molecule has 0 amide bonds. The summed E-state index contributed by atoms with van der Waals surface area (Å²) >= 11 is 0. The molecule has 0 aromatic heterocycles. The normalized spacial score (nSPS) is 17.4. The fourth-order valence-electron chi connectivity index (χ4n) is 2.35. The van der Waals surface area contributed by atoms with Crippen molar-refractivity contribution in [1.29, 1.82) is 0 Å². The molecule has 1 aromatic rings. The van der Waals surface area contributed by atoms with Crippen LogP contribution in [0.2, 0.25) is 0 Å². The van der Waals surface area contributed by atoms with Crippen LogP contribution in [0.25, 0.3) is 0 Å². The summed E-state index contributed by atoms with van der Waals surface area (Å²) in [6.45, 7) is 4.90. The Balaban J connectivity index is 1.76. The Hall–Kier alpha value is -1.26. The first-order valence-electron chi connectivity index (χ1n) is 7.39. The van der Waals surface area contributed by atoms with Crippen molar-refractivity contribution in [3.8, 4) is 5.75 Å². The van der Waals surface area contributed by atoms with Crippen molar-refractivity contribution in [2.45, 2.75) is 32.2 Å². The van der Waals surface area contributed by atoms with Gasteiger partial charge in [-0.3, -0.25) is 0 Å². The quantitative estimate of drug-likeness (QED) is 0.743. The highest BCUT2D eigenvalue weighted by atomic mass is 16.5. The zero-order valence-corrected chi connectivity index (χ0v) is 12.5. The van der Waals surface area contributed by atoms with Crippen LogP contribution in [-0.4, -0.2) is 39.6 Å². The zero-order valence-electron chi connectivity index (χ0n) is 12.5. The van der Waals surface area contributed by atoms with Gasteiger partial charge in [0.05, 0.1) is 25.5 Å². The number of benzene rings is 1. The van der Waals surface area contributed by atoms with E-state index in [0.29, 0.717) is 32.5 Å². The van der Waals surface area contributed by atoms with Crippen LogP contribution in [0.15, 0.2) is 18.2 Å². The molecule has 4 heteroatoms. The third kappa shape index (κ3) is 4.39. The fraction of sp³-hybridized carbons (Fsp3) is 0.625. The zero-order chi connectivity index (χ0) is 14.2. The van der Waals surface area contributed by atoms with Gasteiger partial charge in [-0.1, -0.05) is 12.1 Å². The maximum atomic E-state index is 5.89. The molecule has 1 unspecified atom stereocenters. The number of ether oxygens (including phenoxy) is 3. The molecule has 0 spiro atoms. The van der Waals surface area contributed by atoms with Gasteiger partial charge in [-0.25, -0.2) is 0 Å². The van der Waals surface area contributed by atoms with Crippen molar-refractivity contribution < 1.29 is 14.2 Å². The van der Waals surface area contributed by atoms with E-state index >= 15 is 0 Å². The van der Waals surface area contributed by atoms with Crippen molar-refractivity contribution in [2.75, 3.05) is 38.9 Å². The van der Waals surface area contributed by atoms with Crippen molar-refractivity contribution in [1.82, 2.24) is 0 Å². The van der Waals surface area contributed by atoms with Crippen LogP contribution in [0, 0.1) is 0 Å². The van der Waals surface area contributed by atoms with Gasteiger partial charge >= 0.3 is 0 Å². The lowest BCUT2D eigenvalue weighted by molar-refractivity contribution is 0.0644. The number of hydrogen-bond acceptors (Lipinski definition) is 4. The van der Waals surface area contributed by atoms with Gasteiger partial charge in [0.2, 0.25) is 0 Å². The Bertz CT molecular complexity index is 409. The molecule has 20 heavy (non-hydrogen) atoms. The van der Waals surface area contributed by atoms with Crippen molar-refractivity contribution in [3.05, 3.63) is 23.8 Å². The summed E-state index contributed by atoms with van der Waals surface area (Å²) in [6, 6.07) is 6.80. The van der Waals surface area contributed by atoms with E-state index in [2.05, 4.69) is 24.4 Å². The summed E-state index contributed by atoms with van der Waals surface area (Å²) < 4.78 is 16.2. The van der Waals surface area contributed by atoms with Crippen molar-refractivity contribution in [2.24, 2.45) is 0 Å². The summed E-state index contributed by atoms with van der Waals surface area (Å²) in [4.78, 5) is 0. The molecule has 0 fully saturated rings. The number of aryl methyl sites for hydroxylation is 1. The molecular formula is C16H25NO3. The number of nitrogens with one attached hydrogen (secondary N) is 1. The van der Waals surface area contributed by atoms with Crippen LogP contribution < -0.4 is 10.1 Å². The van der Waals surface area contributed by atoms with Crippen LogP contribution >= 0.6 is 0 Å². The lowest BCUT2D eigenvalue weighted by Gasteiger charge is -2.26. The number of rotatable bonds is 8. The molecule has 0 saturated carbocycles. The second-order valence-corrected chi connectivity index (χ2v) is 5.18. The highest BCUT2D eigenvalue weighted by Crippen LogP contribution is 2.33. The Labute approximate surface area is 121 Å². The second-order valence-electron chi connectivity index (χ2n) is 5.18. The highest BCUT2D eigenvalue weighted by Gasteiger charge is 2.17. The van der Waals surface area contributed by atoms with Gasteiger partial charge < -0.3 is 19.5 Å². The molecule has 2 rings (SSSR count). The molecule has 1 heterocycles. The molecule has 4 nitrogen and oxygen atoms in total. The Kier molecular flexibility index (Phi) is 6.15. The van der Waals surface area contributed by atoms with E-state index in [0.717, 1.165) is 18.6 Å². The second kappa shape index (κ2) is 8.12. The van der Waals surface area contributed by atoms with E-state index in [-0.39, 0.29) is 0 Å². The van der Waals surface area contributed by atoms with Gasteiger partial charge in [0, 0.05) is 26.2 Å². The average molecular weight is 279 g/mol. The molecule has 0 saturated heterocycles. The first-order chi connectivity index (χ1) is 9.81. The van der Waals surface area contributed by atoms with Gasteiger partial charge in [-0.05, 0) is 31.4 Å². The molecule has 1 aliphatic rings. The van der Waals surface area contributed by atoms with E-state index in [4.69, 9.17) is 14.2 Å².